The largest absolute Gasteiger partial charge is 0.497 e. The third kappa shape index (κ3) is 6.48. The number of rotatable bonds is 10. The van der Waals surface area contributed by atoms with Crippen molar-refractivity contribution in [3.05, 3.63) is 24.3 Å². The molecule has 1 unspecified atom stereocenters. The van der Waals surface area contributed by atoms with E-state index < -0.39 is 0 Å². The molecule has 1 aromatic rings. The lowest BCUT2D eigenvalue weighted by Gasteiger charge is -2.28. The molecule has 0 N–H and O–H groups in total. The summed E-state index contributed by atoms with van der Waals surface area (Å²) in [6.07, 6.45) is 0.983. The summed E-state index contributed by atoms with van der Waals surface area (Å²) in [4.78, 5) is 25.6. The van der Waals surface area contributed by atoms with Crippen LogP contribution in [0.25, 0.3) is 0 Å². The molecule has 0 saturated heterocycles. The number of benzene rings is 1. The second kappa shape index (κ2) is 10.5. The summed E-state index contributed by atoms with van der Waals surface area (Å²) in [6, 6.07) is 7.12. The molecule has 24 heavy (non-hydrogen) atoms. The van der Waals surface area contributed by atoms with Crippen LogP contribution >= 0.6 is 0 Å². The van der Waals surface area contributed by atoms with Crippen LogP contribution in [0.15, 0.2) is 24.3 Å². The van der Waals surface area contributed by atoms with Crippen molar-refractivity contribution in [2.24, 2.45) is 0 Å². The van der Waals surface area contributed by atoms with E-state index in [0.717, 1.165) is 6.42 Å². The summed E-state index contributed by atoms with van der Waals surface area (Å²) in [6.45, 7) is 6.30. The molecule has 0 aliphatic carbocycles. The van der Waals surface area contributed by atoms with E-state index in [1.54, 1.807) is 43.2 Å². The molecule has 0 aliphatic heterocycles. The summed E-state index contributed by atoms with van der Waals surface area (Å²) in [5.74, 6) is 0.780. The Kier molecular flexibility index (Phi) is 8.68. The van der Waals surface area contributed by atoms with Gasteiger partial charge in [-0.15, -0.1) is 0 Å². The third-order valence-corrected chi connectivity index (χ3v) is 3.71. The molecule has 134 valence electrons. The SMILES string of the molecule is CCOC(=O)CCN(C(=O)COc1cccc(OC)c1)C(C)CC. The molecule has 1 atom stereocenters. The van der Waals surface area contributed by atoms with E-state index in [0.29, 0.717) is 24.7 Å². The molecule has 0 heterocycles. The lowest BCUT2D eigenvalue weighted by atomic mass is 10.2. The van der Waals surface area contributed by atoms with Gasteiger partial charge in [0, 0.05) is 18.7 Å². The van der Waals surface area contributed by atoms with Crippen molar-refractivity contribution in [1.82, 2.24) is 4.90 Å². The number of nitrogens with zero attached hydrogens (tertiary/aromatic N) is 1. The van der Waals surface area contributed by atoms with Crippen LogP contribution in [0.1, 0.15) is 33.6 Å². The van der Waals surface area contributed by atoms with Crippen LogP contribution in [0.4, 0.5) is 0 Å². The van der Waals surface area contributed by atoms with Gasteiger partial charge >= 0.3 is 5.97 Å². The summed E-state index contributed by atoms with van der Waals surface area (Å²) < 4.78 is 15.6. The molecule has 6 heteroatoms. The Morgan fingerprint density at radius 3 is 2.54 bits per heavy atom. The first-order valence-corrected chi connectivity index (χ1v) is 8.23. The van der Waals surface area contributed by atoms with Gasteiger partial charge in [-0.3, -0.25) is 9.59 Å². The highest BCUT2D eigenvalue weighted by Crippen LogP contribution is 2.19. The normalized spacial score (nSPS) is 11.5. The van der Waals surface area contributed by atoms with Crippen molar-refractivity contribution < 1.29 is 23.8 Å². The fourth-order valence-electron chi connectivity index (χ4n) is 2.18. The van der Waals surface area contributed by atoms with Gasteiger partial charge in [0.15, 0.2) is 6.61 Å². The lowest BCUT2D eigenvalue weighted by molar-refractivity contribution is -0.144. The first kappa shape index (κ1) is 19.8. The fraction of sp³-hybridized carbons (Fsp3) is 0.556. The summed E-state index contributed by atoms with van der Waals surface area (Å²) >= 11 is 0. The molecule has 1 amide bonds. The standard InChI is InChI=1S/C18H27NO5/c1-5-14(3)19(11-10-18(21)23-6-2)17(20)13-24-16-9-7-8-15(12-16)22-4/h7-9,12,14H,5-6,10-11,13H2,1-4H3. The van der Waals surface area contributed by atoms with Gasteiger partial charge in [-0.25, -0.2) is 0 Å². The van der Waals surface area contributed by atoms with Gasteiger partial charge in [0.2, 0.25) is 0 Å². The second-order valence-corrected chi connectivity index (χ2v) is 5.37. The summed E-state index contributed by atoms with van der Waals surface area (Å²) in [5.41, 5.74) is 0. The van der Waals surface area contributed by atoms with E-state index in [4.69, 9.17) is 14.2 Å². The van der Waals surface area contributed by atoms with Crippen molar-refractivity contribution in [2.45, 2.75) is 39.7 Å². The second-order valence-electron chi connectivity index (χ2n) is 5.37. The Bertz CT molecular complexity index is 532. The van der Waals surface area contributed by atoms with Crippen LogP contribution in [0.2, 0.25) is 0 Å². The topological polar surface area (TPSA) is 65.1 Å². The van der Waals surface area contributed by atoms with E-state index in [2.05, 4.69) is 0 Å². The Morgan fingerprint density at radius 2 is 1.92 bits per heavy atom. The summed E-state index contributed by atoms with van der Waals surface area (Å²) in [5, 5.41) is 0. The number of hydrogen-bond donors (Lipinski definition) is 0. The van der Waals surface area contributed by atoms with E-state index in [1.165, 1.54) is 0 Å². The highest BCUT2D eigenvalue weighted by Gasteiger charge is 2.20. The van der Waals surface area contributed by atoms with Crippen molar-refractivity contribution in [3.63, 3.8) is 0 Å². The van der Waals surface area contributed by atoms with E-state index >= 15 is 0 Å². The van der Waals surface area contributed by atoms with Crippen LogP contribution in [0.3, 0.4) is 0 Å². The van der Waals surface area contributed by atoms with Crippen molar-refractivity contribution >= 4 is 11.9 Å². The molecule has 0 aromatic heterocycles. The maximum absolute atomic E-state index is 12.5. The van der Waals surface area contributed by atoms with Gasteiger partial charge in [-0.05, 0) is 32.4 Å². The highest BCUT2D eigenvalue weighted by molar-refractivity contribution is 5.79. The third-order valence-electron chi connectivity index (χ3n) is 3.71. The number of methoxy groups -OCH3 is 1. The zero-order valence-electron chi connectivity index (χ0n) is 14.9. The zero-order chi connectivity index (χ0) is 17.9. The van der Waals surface area contributed by atoms with Crippen molar-refractivity contribution in [3.8, 4) is 11.5 Å². The number of hydrogen-bond acceptors (Lipinski definition) is 5. The smallest absolute Gasteiger partial charge is 0.307 e. The number of carbonyl (C=O) groups is 2. The maximum Gasteiger partial charge on any atom is 0.307 e. The van der Waals surface area contributed by atoms with Gasteiger partial charge < -0.3 is 19.1 Å². The Labute approximate surface area is 143 Å². The fourth-order valence-corrected chi connectivity index (χ4v) is 2.18. The predicted octanol–water partition coefficient (Wildman–Crippen LogP) is 2.65. The highest BCUT2D eigenvalue weighted by atomic mass is 16.5. The zero-order valence-corrected chi connectivity index (χ0v) is 14.9. The van der Waals surface area contributed by atoms with Crippen LogP contribution in [-0.4, -0.2) is 49.7 Å². The van der Waals surface area contributed by atoms with Gasteiger partial charge in [0.1, 0.15) is 11.5 Å². The number of ether oxygens (including phenoxy) is 3. The molecule has 0 bridgehead atoms. The molecule has 0 spiro atoms. The monoisotopic (exact) mass is 337 g/mol. The Balaban J connectivity index is 2.61. The molecule has 6 nitrogen and oxygen atoms in total. The van der Waals surface area contributed by atoms with E-state index in [-0.39, 0.29) is 30.9 Å². The molecule has 1 aromatic carbocycles. The Hall–Kier alpha value is -2.24. The van der Waals surface area contributed by atoms with Crippen molar-refractivity contribution in [2.75, 3.05) is 26.9 Å². The van der Waals surface area contributed by atoms with Crippen LogP contribution in [0.5, 0.6) is 11.5 Å². The van der Waals surface area contributed by atoms with Gasteiger partial charge in [0.05, 0.1) is 20.1 Å². The maximum atomic E-state index is 12.5. The van der Waals surface area contributed by atoms with E-state index in [9.17, 15) is 9.59 Å². The van der Waals surface area contributed by atoms with Crippen LogP contribution in [0, 0.1) is 0 Å². The average molecular weight is 337 g/mol. The molecule has 0 aliphatic rings. The molecular weight excluding hydrogens is 310 g/mol. The first-order chi connectivity index (χ1) is 11.5. The molecule has 1 rings (SSSR count). The molecule has 0 saturated carbocycles. The number of amides is 1. The molecule has 0 fully saturated rings. The predicted molar refractivity (Wildman–Crippen MR) is 91.2 cm³/mol. The van der Waals surface area contributed by atoms with Crippen molar-refractivity contribution in [1.29, 1.82) is 0 Å². The lowest BCUT2D eigenvalue weighted by Crippen LogP contribution is -2.42. The minimum Gasteiger partial charge on any atom is -0.497 e. The minimum atomic E-state index is -0.299. The van der Waals surface area contributed by atoms with Crippen LogP contribution < -0.4 is 9.47 Å². The quantitative estimate of drug-likeness (QED) is 0.614. The first-order valence-electron chi connectivity index (χ1n) is 8.23. The minimum absolute atomic E-state index is 0.0286. The van der Waals surface area contributed by atoms with Gasteiger partial charge in [0.25, 0.3) is 5.91 Å². The molecular formula is C18H27NO5. The number of esters is 1. The van der Waals surface area contributed by atoms with Gasteiger partial charge in [-0.2, -0.15) is 0 Å². The van der Waals surface area contributed by atoms with E-state index in [1.807, 2.05) is 13.8 Å². The summed E-state index contributed by atoms with van der Waals surface area (Å²) in [7, 11) is 1.57. The molecule has 0 radical (unpaired) electrons. The van der Waals surface area contributed by atoms with Crippen LogP contribution in [-0.2, 0) is 14.3 Å². The average Bonchev–Trinajstić information content (AvgIpc) is 2.60. The number of carbonyl (C=O) groups excluding carboxylic acids is 2. The van der Waals surface area contributed by atoms with Gasteiger partial charge in [-0.1, -0.05) is 13.0 Å². The Morgan fingerprint density at radius 1 is 1.21 bits per heavy atom.